The van der Waals surface area contributed by atoms with Crippen molar-refractivity contribution in [3.63, 3.8) is 0 Å². The number of benzene rings is 1. The Labute approximate surface area is 192 Å². The number of hydrogen-bond acceptors (Lipinski definition) is 4. The van der Waals surface area contributed by atoms with E-state index >= 15 is 0 Å². The fourth-order valence-corrected chi connectivity index (χ4v) is 4.83. The van der Waals surface area contributed by atoms with E-state index in [4.69, 9.17) is 9.98 Å². The maximum atomic E-state index is 9.87. The average molecular weight is 430 g/mol. The predicted molar refractivity (Wildman–Crippen MR) is 137 cm³/mol. The van der Waals surface area contributed by atoms with Crippen LogP contribution in [-0.2, 0) is 0 Å². The van der Waals surface area contributed by atoms with Gasteiger partial charge in [0.25, 0.3) is 0 Å². The summed E-state index contributed by atoms with van der Waals surface area (Å²) in [5.74, 6) is 0.330. The molecule has 0 bridgehead atoms. The van der Waals surface area contributed by atoms with Crippen LogP contribution in [0.2, 0.25) is 0 Å². The monoisotopic (exact) mass is 429 g/mol. The first-order valence-corrected chi connectivity index (χ1v) is 11.3. The molecule has 0 saturated heterocycles. The second-order valence-electron chi connectivity index (χ2n) is 8.89. The van der Waals surface area contributed by atoms with Crippen molar-refractivity contribution in [1.82, 2.24) is 5.32 Å². The number of hydrogen-bond donors (Lipinski definition) is 2. The second-order valence-corrected chi connectivity index (χ2v) is 8.89. The molecule has 0 amide bonds. The van der Waals surface area contributed by atoms with Gasteiger partial charge in [0.1, 0.15) is 0 Å². The van der Waals surface area contributed by atoms with Gasteiger partial charge in [0.2, 0.25) is 0 Å². The number of rotatable bonds is 5. The Kier molecular flexibility index (Phi) is 7.68. The number of aliphatic imine (C=N–C) groups is 2. The molecule has 2 aliphatic heterocycles. The smallest absolute Gasteiger partial charge is 0.176 e. The molecule has 4 unspecified atom stereocenters. The van der Waals surface area contributed by atoms with E-state index in [2.05, 4.69) is 69.8 Å². The largest absolute Gasteiger partial charge is 0.495 e. The lowest BCUT2D eigenvalue weighted by atomic mass is 9.78. The Morgan fingerprint density at radius 3 is 2.56 bits per heavy atom. The summed E-state index contributed by atoms with van der Waals surface area (Å²) >= 11 is 0. The van der Waals surface area contributed by atoms with E-state index in [1.807, 2.05) is 18.2 Å². The molecule has 1 aromatic carbocycles. The highest BCUT2D eigenvalue weighted by Crippen LogP contribution is 2.39. The Morgan fingerprint density at radius 2 is 1.91 bits per heavy atom. The summed E-state index contributed by atoms with van der Waals surface area (Å²) < 4.78 is 0. The van der Waals surface area contributed by atoms with Crippen LogP contribution < -0.4 is 5.32 Å². The third-order valence-electron chi connectivity index (χ3n) is 6.27. The molecular weight excluding hydrogens is 394 g/mol. The molecule has 2 heterocycles. The summed E-state index contributed by atoms with van der Waals surface area (Å²) in [4.78, 5) is 10.0. The van der Waals surface area contributed by atoms with Crippen molar-refractivity contribution in [1.29, 1.82) is 0 Å². The van der Waals surface area contributed by atoms with Gasteiger partial charge in [0, 0.05) is 23.2 Å². The van der Waals surface area contributed by atoms with Crippen molar-refractivity contribution in [2.24, 2.45) is 15.9 Å². The number of aliphatic hydroxyl groups excluding tert-OH is 1. The van der Waals surface area contributed by atoms with Crippen molar-refractivity contribution in [2.75, 3.05) is 0 Å². The highest BCUT2D eigenvalue weighted by atomic mass is 16.3. The van der Waals surface area contributed by atoms with Crippen LogP contribution in [0.4, 0.5) is 0 Å². The van der Waals surface area contributed by atoms with Crippen LogP contribution in [0, 0.1) is 5.92 Å². The molecule has 0 fully saturated rings. The standard InChI is InChI=1S/C28H35N3O/c1-7-21-13-15-25-23-11-9-10-12-24(23)26(8-2)31-28(25)19(5)29-22(17-18(3)4)14-16-27(21)30-20(6)32/h7-12,17,21,25,27-28,30,32H,1-2,5-6,13-16H2,3-4H3. The summed E-state index contributed by atoms with van der Waals surface area (Å²) in [6.07, 6.45) is 9.31. The molecule has 0 saturated carbocycles. The van der Waals surface area contributed by atoms with Gasteiger partial charge in [-0.05, 0) is 69.7 Å². The minimum atomic E-state index is -0.138. The highest BCUT2D eigenvalue weighted by Gasteiger charge is 2.33. The van der Waals surface area contributed by atoms with Crippen molar-refractivity contribution < 1.29 is 5.11 Å². The third kappa shape index (κ3) is 5.37. The molecule has 0 aromatic heterocycles. The summed E-state index contributed by atoms with van der Waals surface area (Å²) in [6.45, 7) is 20.2. The van der Waals surface area contributed by atoms with Crippen LogP contribution in [0.15, 0.2) is 95.9 Å². The van der Waals surface area contributed by atoms with Crippen LogP contribution in [0.3, 0.4) is 0 Å². The molecule has 0 radical (unpaired) electrons. The fourth-order valence-electron chi connectivity index (χ4n) is 4.83. The topological polar surface area (TPSA) is 57.0 Å². The third-order valence-corrected chi connectivity index (χ3v) is 6.27. The first kappa shape index (κ1) is 23.5. The van der Waals surface area contributed by atoms with Crippen molar-refractivity contribution in [2.45, 2.75) is 57.5 Å². The van der Waals surface area contributed by atoms with E-state index in [9.17, 15) is 5.11 Å². The van der Waals surface area contributed by atoms with Gasteiger partial charge >= 0.3 is 0 Å². The Bertz CT molecular complexity index is 994. The molecule has 0 aliphatic carbocycles. The molecule has 168 valence electrons. The number of aliphatic hydroxyl groups is 1. The Balaban J connectivity index is 2.10. The number of allylic oxidation sites excluding steroid dienone is 3. The van der Waals surface area contributed by atoms with Crippen LogP contribution in [0.25, 0.3) is 0 Å². The average Bonchev–Trinajstić information content (AvgIpc) is 2.77. The van der Waals surface area contributed by atoms with Crippen LogP contribution in [-0.4, -0.2) is 28.6 Å². The van der Waals surface area contributed by atoms with Crippen molar-refractivity contribution >= 4 is 11.4 Å². The quantitative estimate of drug-likeness (QED) is 0.419. The fraction of sp³-hybridized carbons (Fsp3) is 0.357. The predicted octanol–water partition coefficient (Wildman–Crippen LogP) is 6.41. The zero-order valence-electron chi connectivity index (χ0n) is 19.3. The van der Waals surface area contributed by atoms with Gasteiger partial charge < -0.3 is 10.4 Å². The SMILES string of the molecule is C=CC1=NC2C(=C)N=C(C=C(C)C)CCC(NC(=C)O)C(C=C)CCC2c2ccccc21. The zero-order chi connectivity index (χ0) is 23.3. The van der Waals surface area contributed by atoms with Gasteiger partial charge in [-0.1, -0.05) is 49.1 Å². The second kappa shape index (κ2) is 10.4. The molecule has 32 heavy (non-hydrogen) atoms. The van der Waals surface area contributed by atoms with Gasteiger partial charge in [0.05, 0.1) is 17.5 Å². The van der Waals surface area contributed by atoms with E-state index in [0.717, 1.165) is 48.4 Å². The number of nitrogens with zero attached hydrogens (tertiary/aromatic N) is 2. The van der Waals surface area contributed by atoms with Gasteiger partial charge in [-0.15, -0.1) is 6.58 Å². The normalized spacial score (nSPS) is 25.6. The molecule has 4 atom stereocenters. The minimum Gasteiger partial charge on any atom is -0.495 e. The van der Waals surface area contributed by atoms with Gasteiger partial charge in [-0.3, -0.25) is 9.98 Å². The lowest BCUT2D eigenvalue weighted by Crippen LogP contribution is -2.35. The first-order valence-electron chi connectivity index (χ1n) is 11.3. The first-order chi connectivity index (χ1) is 15.3. The summed E-state index contributed by atoms with van der Waals surface area (Å²) in [7, 11) is 0. The minimum absolute atomic E-state index is 0.0112. The van der Waals surface area contributed by atoms with Gasteiger partial charge in [0.15, 0.2) is 5.88 Å². The van der Waals surface area contributed by atoms with E-state index in [1.165, 1.54) is 11.1 Å². The molecular formula is C28H35N3O. The zero-order valence-corrected chi connectivity index (χ0v) is 19.3. The summed E-state index contributed by atoms with van der Waals surface area (Å²) in [6, 6.07) is 8.31. The van der Waals surface area contributed by atoms with E-state index in [0.29, 0.717) is 0 Å². The molecule has 0 spiro atoms. The molecule has 4 heteroatoms. The van der Waals surface area contributed by atoms with E-state index < -0.39 is 0 Å². The van der Waals surface area contributed by atoms with Crippen LogP contribution >= 0.6 is 0 Å². The Hall–Kier alpha value is -3.14. The number of fused-ring (bicyclic) bond motifs is 3. The molecule has 3 rings (SSSR count). The van der Waals surface area contributed by atoms with E-state index in [1.54, 1.807) is 0 Å². The Morgan fingerprint density at radius 1 is 1.16 bits per heavy atom. The summed E-state index contributed by atoms with van der Waals surface area (Å²) in [5, 5.41) is 13.0. The van der Waals surface area contributed by atoms with Crippen LogP contribution in [0.5, 0.6) is 0 Å². The molecule has 2 N–H and O–H groups in total. The van der Waals surface area contributed by atoms with E-state index in [-0.39, 0.29) is 29.8 Å². The maximum absolute atomic E-state index is 9.87. The molecule has 2 aliphatic rings. The van der Waals surface area contributed by atoms with Crippen molar-refractivity contribution in [3.05, 3.63) is 97.1 Å². The molecule has 4 nitrogen and oxygen atoms in total. The maximum Gasteiger partial charge on any atom is 0.176 e. The van der Waals surface area contributed by atoms with Crippen molar-refractivity contribution in [3.8, 4) is 0 Å². The van der Waals surface area contributed by atoms with Gasteiger partial charge in [-0.2, -0.15) is 0 Å². The lowest BCUT2D eigenvalue weighted by molar-refractivity contribution is 0.296. The van der Waals surface area contributed by atoms with Gasteiger partial charge in [-0.25, -0.2) is 0 Å². The molecule has 1 aromatic rings. The number of nitrogens with one attached hydrogen (secondary N) is 1. The highest BCUT2D eigenvalue weighted by molar-refractivity contribution is 6.10. The van der Waals surface area contributed by atoms with Crippen LogP contribution in [0.1, 0.15) is 56.6 Å². The lowest BCUT2D eigenvalue weighted by Gasteiger charge is -2.33. The summed E-state index contributed by atoms with van der Waals surface area (Å²) in [5.41, 5.74) is 6.23.